The standard InChI is InChI=1S/C20H19NO5/c1-24-17-9-13-11(7-16(17)22)4-5-21-15(13)6-12-8-18(25-2)19(26-3)10-14(12)20(21)23/h6-10,22H,4-5H2,1-3H3. The molecule has 3 aromatic rings. The Balaban J connectivity index is 2.04. The topological polar surface area (TPSA) is 69.9 Å². The van der Waals surface area contributed by atoms with Gasteiger partial charge in [-0.25, -0.2) is 0 Å². The van der Waals surface area contributed by atoms with Gasteiger partial charge < -0.3 is 23.9 Å². The molecule has 1 aliphatic heterocycles. The summed E-state index contributed by atoms with van der Waals surface area (Å²) in [6.07, 6.45) is 0.665. The smallest absolute Gasteiger partial charge is 0.259 e. The van der Waals surface area contributed by atoms with E-state index < -0.39 is 0 Å². The predicted molar refractivity (Wildman–Crippen MR) is 98.7 cm³/mol. The Bertz CT molecular complexity index is 1080. The number of rotatable bonds is 3. The van der Waals surface area contributed by atoms with Gasteiger partial charge in [-0.2, -0.15) is 0 Å². The summed E-state index contributed by atoms with van der Waals surface area (Å²) in [6, 6.07) is 8.98. The molecule has 0 bridgehead atoms. The zero-order valence-electron chi connectivity index (χ0n) is 14.8. The van der Waals surface area contributed by atoms with Crippen molar-refractivity contribution in [1.82, 2.24) is 4.57 Å². The van der Waals surface area contributed by atoms with E-state index in [1.165, 1.54) is 7.11 Å². The van der Waals surface area contributed by atoms with Crippen molar-refractivity contribution in [2.24, 2.45) is 0 Å². The van der Waals surface area contributed by atoms with E-state index in [9.17, 15) is 9.90 Å². The quantitative estimate of drug-likeness (QED) is 0.784. The minimum absolute atomic E-state index is 0.0730. The van der Waals surface area contributed by atoms with Crippen molar-refractivity contribution in [3.8, 4) is 34.3 Å². The molecule has 26 heavy (non-hydrogen) atoms. The van der Waals surface area contributed by atoms with E-state index in [2.05, 4.69) is 0 Å². The number of hydrogen-bond donors (Lipinski definition) is 1. The van der Waals surface area contributed by atoms with Crippen molar-refractivity contribution in [1.29, 1.82) is 0 Å². The fraction of sp³-hybridized carbons (Fsp3) is 0.250. The fourth-order valence-corrected chi connectivity index (χ4v) is 3.58. The van der Waals surface area contributed by atoms with E-state index >= 15 is 0 Å². The molecule has 0 radical (unpaired) electrons. The van der Waals surface area contributed by atoms with Crippen LogP contribution in [0, 0.1) is 0 Å². The van der Waals surface area contributed by atoms with Gasteiger partial charge in [0, 0.05) is 12.1 Å². The second-order valence-corrected chi connectivity index (χ2v) is 6.21. The summed E-state index contributed by atoms with van der Waals surface area (Å²) in [5.74, 6) is 1.59. The molecule has 1 aromatic heterocycles. The maximum atomic E-state index is 13.1. The van der Waals surface area contributed by atoms with Crippen molar-refractivity contribution in [2.45, 2.75) is 13.0 Å². The number of benzene rings is 2. The first-order chi connectivity index (χ1) is 12.6. The highest BCUT2D eigenvalue weighted by molar-refractivity contribution is 5.89. The van der Waals surface area contributed by atoms with Gasteiger partial charge in [0.1, 0.15) is 0 Å². The van der Waals surface area contributed by atoms with E-state index in [-0.39, 0.29) is 11.3 Å². The number of methoxy groups -OCH3 is 3. The number of aromatic hydroxyl groups is 1. The van der Waals surface area contributed by atoms with Crippen LogP contribution in [0.1, 0.15) is 5.56 Å². The molecule has 4 rings (SSSR count). The Morgan fingerprint density at radius 1 is 0.923 bits per heavy atom. The van der Waals surface area contributed by atoms with Gasteiger partial charge in [-0.3, -0.25) is 4.79 Å². The largest absolute Gasteiger partial charge is 0.504 e. The van der Waals surface area contributed by atoms with E-state index in [1.54, 1.807) is 37.0 Å². The molecule has 134 valence electrons. The van der Waals surface area contributed by atoms with Crippen LogP contribution in [0.2, 0.25) is 0 Å². The summed E-state index contributed by atoms with van der Waals surface area (Å²) in [6.45, 7) is 0.553. The number of pyridine rings is 1. The van der Waals surface area contributed by atoms with Gasteiger partial charge in [0.05, 0.1) is 32.4 Å². The Morgan fingerprint density at radius 2 is 1.62 bits per heavy atom. The van der Waals surface area contributed by atoms with Gasteiger partial charge in [-0.1, -0.05) is 0 Å². The van der Waals surface area contributed by atoms with Crippen LogP contribution in [-0.4, -0.2) is 31.0 Å². The molecule has 2 aromatic carbocycles. The van der Waals surface area contributed by atoms with Crippen molar-refractivity contribution in [3.63, 3.8) is 0 Å². The number of hydrogen-bond acceptors (Lipinski definition) is 5. The fourth-order valence-electron chi connectivity index (χ4n) is 3.58. The molecule has 0 saturated heterocycles. The second kappa shape index (κ2) is 5.98. The van der Waals surface area contributed by atoms with Gasteiger partial charge in [0.25, 0.3) is 5.56 Å². The molecule has 0 atom stereocenters. The maximum absolute atomic E-state index is 13.1. The predicted octanol–water partition coefficient (Wildman–Crippen LogP) is 2.96. The first-order valence-corrected chi connectivity index (χ1v) is 8.27. The van der Waals surface area contributed by atoms with Crippen molar-refractivity contribution in [3.05, 3.63) is 46.2 Å². The van der Waals surface area contributed by atoms with Gasteiger partial charge >= 0.3 is 0 Å². The SMILES string of the molecule is COc1cc2c(cc1O)CCn1c-2cc2cc(OC)c(OC)cc2c1=O. The highest BCUT2D eigenvalue weighted by atomic mass is 16.5. The third-order valence-corrected chi connectivity index (χ3v) is 4.90. The molecule has 2 heterocycles. The molecule has 1 aliphatic rings. The second-order valence-electron chi connectivity index (χ2n) is 6.21. The minimum atomic E-state index is -0.0730. The molecule has 6 heteroatoms. The van der Waals surface area contributed by atoms with Gasteiger partial charge in [0.15, 0.2) is 23.0 Å². The first kappa shape index (κ1) is 16.3. The Morgan fingerprint density at radius 3 is 2.31 bits per heavy atom. The lowest BCUT2D eigenvalue weighted by Crippen LogP contribution is -2.26. The summed E-state index contributed by atoms with van der Waals surface area (Å²) in [5.41, 5.74) is 2.60. The zero-order valence-corrected chi connectivity index (χ0v) is 14.8. The lowest BCUT2D eigenvalue weighted by Gasteiger charge is -2.23. The lowest BCUT2D eigenvalue weighted by molar-refractivity contribution is 0.356. The molecule has 0 amide bonds. The maximum Gasteiger partial charge on any atom is 0.259 e. The summed E-state index contributed by atoms with van der Waals surface area (Å²) in [7, 11) is 4.63. The van der Waals surface area contributed by atoms with Crippen LogP contribution in [0.5, 0.6) is 23.0 Å². The number of phenols is 1. The molecule has 6 nitrogen and oxygen atoms in total. The summed E-state index contributed by atoms with van der Waals surface area (Å²) < 4.78 is 17.7. The van der Waals surface area contributed by atoms with Crippen LogP contribution in [0.25, 0.3) is 22.0 Å². The van der Waals surface area contributed by atoms with Crippen LogP contribution >= 0.6 is 0 Å². The van der Waals surface area contributed by atoms with Crippen molar-refractivity contribution in [2.75, 3.05) is 21.3 Å². The molecule has 0 spiro atoms. The van der Waals surface area contributed by atoms with E-state index in [0.717, 1.165) is 22.2 Å². The highest BCUT2D eigenvalue weighted by Gasteiger charge is 2.22. The number of phenolic OH excluding ortho intramolecular Hbond substituents is 1. The van der Waals surface area contributed by atoms with Crippen LogP contribution in [0.15, 0.2) is 35.1 Å². The van der Waals surface area contributed by atoms with E-state index in [4.69, 9.17) is 14.2 Å². The third-order valence-electron chi connectivity index (χ3n) is 4.90. The summed E-state index contributed by atoms with van der Waals surface area (Å²) >= 11 is 0. The monoisotopic (exact) mass is 353 g/mol. The molecule has 0 aliphatic carbocycles. The van der Waals surface area contributed by atoms with Crippen molar-refractivity contribution < 1.29 is 19.3 Å². The first-order valence-electron chi connectivity index (χ1n) is 8.27. The number of nitrogens with zero attached hydrogens (tertiary/aromatic N) is 1. The van der Waals surface area contributed by atoms with Crippen LogP contribution in [-0.2, 0) is 13.0 Å². The van der Waals surface area contributed by atoms with Crippen LogP contribution < -0.4 is 19.8 Å². The zero-order chi connectivity index (χ0) is 18.4. The van der Waals surface area contributed by atoms with E-state index in [1.807, 2.05) is 12.1 Å². The minimum Gasteiger partial charge on any atom is -0.504 e. The number of fused-ring (bicyclic) bond motifs is 4. The van der Waals surface area contributed by atoms with Crippen LogP contribution in [0.3, 0.4) is 0 Å². The number of aryl methyl sites for hydroxylation is 1. The number of ether oxygens (including phenoxy) is 3. The Kier molecular flexibility index (Phi) is 3.76. The normalized spacial score (nSPS) is 12.4. The van der Waals surface area contributed by atoms with Gasteiger partial charge in [-0.15, -0.1) is 0 Å². The lowest BCUT2D eigenvalue weighted by atomic mass is 9.95. The number of aromatic nitrogens is 1. The Hall–Kier alpha value is -3.15. The Labute approximate surface area is 150 Å². The summed E-state index contributed by atoms with van der Waals surface area (Å²) in [4.78, 5) is 13.1. The molecular weight excluding hydrogens is 334 g/mol. The van der Waals surface area contributed by atoms with Gasteiger partial charge in [0.2, 0.25) is 0 Å². The average Bonchev–Trinajstić information content (AvgIpc) is 2.66. The molecule has 1 N–H and O–H groups in total. The highest BCUT2D eigenvalue weighted by Crippen LogP contribution is 2.39. The van der Waals surface area contributed by atoms with E-state index in [0.29, 0.717) is 35.6 Å². The molecular formula is C20H19NO5. The summed E-state index contributed by atoms with van der Waals surface area (Å²) in [5, 5.41) is 11.4. The van der Waals surface area contributed by atoms with Gasteiger partial charge in [-0.05, 0) is 47.7 Å². The third kappa shape index (κ3) is 2.29. The molecule has 0 unspecified atom stereocenters. The average molecular weight is 353 g/mol. The van der Waals surface area contributed by atoms with Crippen molar-refractivity contribution >= 4 is 10.8 Å². The molecule has 0 fully saturated rings. The van der Waals surface area contributed by atoms with Crippen LogP contribution in [0.4, 0.5) is 0 Å². The molecule has 0 saturated carbocycles.